The monoisotopic (exact) mass is 225 g/mol. The second-order valence-electron chi connectivity index (χ2n) is 2.32. The smallest absolute Gasteiger partial charge is 0.318 e. The van der Waals surface area contributed by atoms with Gasteiger partial charge in [-0.05, 0) is 12.1 Å². The van der Waals surface area contributed by atoms with Crippen LogP contribution in [0.5, 0.6) is 0 Å². The number of carbonyl (C=O) groups excluding carboxylic acids is 1. The molecule has 0 heterocycles. The highest BCUT2D eigenvalue weighted by Crippen LogP contribution is 2.17. The number of nitrogens with one attached hydrogen (secondary N) is 1. The standard InChI is InChI=1S/C8H6F3NO.ClH/c9-8(10,11)7(13)12-6-4-2-1-3-5-6;/h1-5H,(H,12,13);1H. The fourth-order valence-electron chi connectivity index (χ4n) is 0.723. The molecule has 78 valence electrons. The van der Waals surface area contributed by atoms with Crippen molar-refractivity contribution in [3.05, 3.63) is 30.3 Å². The minimum Gasteiger partial charge on any atom is -0.318 e. The average Bonchev–Trinajstić information content (AvgIpc) is 2.04. The second-order valence-corrected chi connectivity index (χ2v) is 2.32. The van der Waals surface area contributed by atoms with Gasteiger partial charge in [-0.3, -0.25) is 4.79 Å². The van der Waals surface area contributed by atoms with Crippen molar-refractivity contribution in [3.8, 4) is 0 Å². The summed E-state index contributed by atoms with van der Waals surface area (Å²) in [5.41, 5.74) is 0.129. The van der Waals surface area contributed by atoms with Crippen LogP contribution in [-0.4, -0.2) is 12.1 Å². The van der Waals surface area contributed by atoms with E-state index in [1.807, 2.05) is 0 Å². The van der Waals surface area contributed by atoms with Gasteiger partial charge in [-0.25, -0.2) is 0 Å². The minimum absolute atomic E-state index is 0. The first-order valence-electron chi connectivity index (χ1n) is 3.43. The summed E-state index contributed by atoms with van der Waals surface area (Å²) in [4.78, 5) is 10.4. The van der Waals surface area contributed by atoms with Crippen LogP contribution in [0.2, 0.25) is 0 Å². The Morgan fingerprint density at radius 2 is 1.64 bits per heavy atom. The summed E-state index contributed by atoms with van der Waals surface area (Å²) in [5.74, 6) is -1.96. The van der Waals surface area contributed by atoms with Crippen LogP contribution < -0.4 is 5.32 Å². The molecule has 2 nitrogen and oxygen atoms in total. The summed E-state index contributed by atoms with van der Waals surface area (Å²) < 4.78 is 35.2. The Morgan fingerprint density at radius 3 is 2.07 bits per heavy atom. The van der Waals surface area contributed by atoms with Crippen LogP contribution in [-0.2, 0) is 4.79 Å². The molecule has 0 aliphatic rings. The zero-order valence-electron chi connectivity index (χ0n) is 6.84. The fraction of sp³-hybridized carbons (Fsp3) is 0.125. The molecule has 0 aliphatic heterocycles. The van der Waals surface area contributed by atoms with Crippen LogP contribution in [0, 0.1) is 0 Å². The Hall–Kier alpha value is -1.23. The first-order chi connectivity index (χ1) is 6.00. The molecule has 0 bridgehead atoms. The van der Waals surface area contributed by atoms with Gasteiger partial charge >= 0.3 is 12.1 Å². The van der Waals surface area contributed by atoms with Crippen molar-refractivity contribution in [2.45, 2.75) is 6.18 Å². The maximum absolute atomic E-state index is 11.7. The van der Waals surface area contributed by atoms with Gasteiger partial charge in [0.2, 0.25) is 0 Å². The third-order valence-electron chi connectivity index (χ3n) is 1.29. The number of hydrogen-bond acceptors (Lipinski definition) is 1. The molecule has 0 unspecified atom stereocenters. The lowest BCUT2D eigenvalue weighted by Crippen LogP contribution is -2.29. The van der Waals surface area contributed by atoms with Gasteiger partial charge in [-0.1, -0.05) is 18.2 Å². The van der Waals surface area contributed by atoms with Crippen LogP contribution in [0.3, 0.4) is 0 Å². The van der Waals surface area contributed by atoms with Crippen molar-refractivity contribution >= 4 is 24.0 Å². The fourth-order valence-corrected chi connectivity index (χ4v) is 0.723. The molecule has 0 saturated carbocycles. The van der Waals surface area contributed by atoms with Crippen LogP contribution >= 0.6 is 12.4 Å². The zero-order chi connectivity index (χ0) is 9.90. The molecule has 14 heavy (non-hydrogen) atoms. The van der Waals surface area contributed by atoms with Crippen molar-refractivity contribution < 1.29 is 18.0 Å². The molecule has 0 aliphatic carbocycles. The molecule has 0 atom stereocenters. The van der Waals surface area contributed by atoms with E-state index < -0.39 is 12.1 Å². The number of amides is 1. The van der Waals surface area contributed by atoms with Crippen LogP contribution in [0.4, 0.5) is 18.9 Å². The number of rotatable bonds is 1. The molecule has 6 heteroatoms. The summed E-state index contributed by atoms with van der Waals surface area (Å²) in [5, 5.41) is 1.72. The summed E-state index contributed by atoms with van der Waals surface area (Å²) in [7, 11) is 0. The lowest BCUT2D eigenvalue weighted by Gasteiger charge is -2.06. The van der Waals surface area contributed by atoms with E-state index in [0.717, 1.165) is 0 Å². The molecular formula is C8H7ClF3NO. The predicted octanol–water partition coefficient (Wildman–Crippen LogP) is 2.61. The number of para-hydroxylation sites is 1. The molecule has 1 amide bonds. The van der Waals surface area contributed by atoms with E-state index in [4.69, 9.17) is 0 Å². The molecule has 1 N–H and O–H groups in total. The summed E-state index contributed by atoms with van der Waals surface area (Å²) in [6.45, 7) is 0. The average molecular weight is 226 g/mol. The van der Waals surface area contributed by atoms with Crippen LogP contribution in [0.1, 0.15) is 0 Å². The SMILES string of the molecule is Cl.O=C(Nc1ccccc1)C(F)(F)F. The summed E-state index contributed by atoms with van der Waals surface area (Å²) in [6.07, 6.45) is -4.84. The first kappa shape index (κ1) is 12.8. The molecule has 0 fully saturated rings. The van der Waals surface area contributed by atoms with Crippen molar-refractivity contribution in [1.29, 1.82) is 0 Å². The quantitative estimate of drug-likeness (QED) is 0.782. The van der Waals surface area contributed by atoms with E-state index in [0.29, 0.717) is 0 Å². The lowest BCUT2D eigenvalue weighted by molar-refractivity contribution is -0.167. The third kappa shape index (κ3) is 3.66. The third-order valence-corrected chi connectivity index (χ3v) is 1.29. The number of hydrogen-bond donors (Lipinski definition) is 1. The highest BCUT2D eigenvalue weighted by molar-refractivity contribution is 5.94. The molecule has 0 aromatic heterocycles. The van der Waals surface area contributed by atoms with Gasteiger partial charge in [0.15, 0.2) is 0 Å². The number of benzene rings is 1. The van der Waals surface area contributed by atoms with Gasteiger partial charge in [0.1, 0.15) is 0 Å². The van der Waals surface area contributed by atoms with Gasteiger partial charge < -0.3 is 5.32 Å². The highest BCUT2D eigenvalue weighted by Gasteiger charge is 2.38. The molecular weight excluding hydrogens is 219 g/mol. The van der Waals surface area contributed by atoms with Gasteiger partial charge in [-0.15, -0.1) is 12.4 Å². The Kier molecular flexibility index (Phi) is 4.43. The van der Waals surface area contributed by atoms with Gasteiger partial charge in [-0.2, -0.15) is 13.2 Å². The molecule has 1 rings (SSSR count). The van der Waals surface area contributed by atoms with Crippen molar-refractivity contribution in [3.63, 3.8) is 0 Å². The Balaban J connectivity index is 0.00000169. The van der Waals surface area contributed by atoms with Gasteiger partial charge in [0, 0.05) is 5.69 Å². The lowest BCUT2D eigenvalue weighted by atomic mass is 10.3. The van der Waals surface area contributed by atoms with Crippen LogP contribution in [0.25, 0.3) is 0 Å². The van der Waals surface area contributed by atoms with Gasteiger partial charge in [0.05, 0.1) is 0 Å². The Labute approximate surface area is 84.5 Å². The number of alkyl halides is 3. The second kappa shape index (κ2) is 4.85. The van der Waals surface area contributed by atoms with Crippen molar-refractivity contribution in [2.24, 2.45) is 0 Å². The van der Waals surface area contributed by atoms with E-state index in [1.54, 1.807) is 11.4 Å². The first-order valence-corrected chi connectivity index (χ1v) is 3.43. The van der Waals surface area contributed by atoms with Crippen LogP contribution in [0.15, 0.2) is 30.3 Å². The van der Waals surface area contributed by atoms with E-state index in [1.165, 1.54) is 24.3 Å². The summed E-state index contributed by atoms with van der Waals surface area (Å²) in [6, 6.07) is 7.47. The number of anilines is 1. The number of carbonyl (C=O) groups is 1. The van der Waals surface area contributed by atoms with Gasteiger partial charge in [0.25, 0.3) is 0 Å². The van der Waals surface area contributed by atoms with Crippen molar-refractivity contribution in [1.82, 2.24) is 0 Å². The molecule has 1 aromatic carbocycles. The maximum Gasteiger partial charge on any atom is 0.471 e. The molecule has 0 spiro atoms. The van der Waals surface area contributed by atoms with E-state index >= 15 is 0 Å². The minimum atomic E-state index is -4.84. The Bertz CT molecular complexity index is 299. The largest absolute Gasteiger partial charge is 0.471 e. The predicted molar refractivity (Wildman–Crippen MR) is 48.4 cm³/mol. The molecule has 1 aromatic rings. The van der Waals surface area contributed by atoms with E-state index in [2.05, 4.69) is 0 Å². The molecule has 0 radical (unpaired) electrons. The number of halogens is 4. The highest BCUT2D eigenvalue weighted by atomic mass is 35.5. The van der Waals surface area contributed by atoms with E-state index in [-0.39, 0.29) is 18.1 Å². The zero-order valence-corrected chi connectivity index (χ0v) is 7.65. The topological polar surface area (TPSA) is 29.1 Å². The normalized spacial score (nSPS) is 10.2. The maximum atomic E-state index is 11.7. The van der Waals surface area contributed by atoms with Crippen molar-refractivity contribution in [2.75, 3.05) is 5.32 Å². The summed E-state index contributed by atoms with van der Waals surface area (Å²) >= 11 is 0. The van der Waals surface area contributed by atoms with E-state index in [9.17, 15) is 18.0 Å². The Morgan fingerprint density at radius 1 is 1.14 bits per heavy atom. The molecule has 0 saturated heterocycles.